The van der Waals surface area contributed by atoms with Gasteiger partial charge in [-0.25, -0.2) is 21.8 Å². The number of hydrogen-bond acceptors (Lipinski definition) is 7. The highest BCUT2D eigenvalue weighted by Gasteiger charge is 2.27. The van der Waals surface area contributed by atoms with Crippen LogP contribution in [0.2, 0.25) is 0 Å². The van der Waals surface area contributed by atoms with Crippen molar-refractivity contribution in [3.05, 3.63) is 103 Å². The van der Waals surface area contributed by atoms with Crippen LogP contribution in [0.5, 0.6) is 5.75 Å². The highest BCUT2D eigenvalue weighted by Crippen LogP contribution is 2.26. The maximum atomic E-state index is 13.5. The van der Waals surface area contributed by atoms with Crippen LogP contribution in [-0.2, 0) is 24.8 Å². The van der Waals surface area contributed by atoms with E-state index in [1.54, 1.807) is 48.5 Å². The number of methoxy groups -OCH3 is 1. The minimum Gasteiger partial charge on any atom is -0.497 e. The third-order valence-corrected chi connectivity index (χ3v) is 8.77. The van der Waals surface area contributed by atoms with Gasteiger partial charge < -0.3 is 10.1 Å². The monoisotopic (exact) mass is 566 g/mol. The van der Waals surface area contributed by atoms with E-state index in [0.717, 1.165) is 9.87 Å². The smallest absolute Gasteiger partial charge is 0.264 e. The number of carbonyl (C=O) groups excluding carboxylic acids is 1. The van der Waals surface area contributed by atoms with Crippen molar-refractivity contribution in [1.82, 2.24) is 4.98 Å². The Balaban J connectivity index is 1.54. The predicted octanol–water partition coefficient (Wildman–Crippen LogP) is 4.03. The Kier molecular flexibility index (Phi) is 8.17. The number of pyridine rings is 1. The fraction of sp³-hybridized carbons (Fsp3) is 0.111. The summed E-state index contributed by atoms with van der Waals surface area (Å²) in [6.07, 6.45) is 1.46. The summed E-state index contributed by atoms with van der Waals surface area (Å²) in [4.78, 5) is 16.9. The Labute approximate surface area is 227 Å². The minimum absolute atomic E-state index is 0.0340. The Morgan fingerprint density at radius 2 is 1.49 bits per heavy atom. The van der Waals surface area contributed by atoms with Crippen LogP contribution in [-0.4, -0.2) is 41.4 Å². The normalized spacial score (nSPS) is 11.4. The molecule has 10 nitrogen and oxygen atoms in total. The van der Waals surface area contributed by atoms with E-state index in [-0.39, 0.29) is 21.3 Å². The number of rotatable bonds is 10. The van der Waals surface area contributed by atoms with Gasteiger partial charge >= 0.3 is 0 Å². The predicted molar refractivity (Wildman–Crippen MR) is 149 cm³/mol. The van der Waals surface area contributed by atoms with E-state index in [1.165, 1.54) is 55.8 Å². The van der Waals surface area contributed by atoms with Crippen molar-refractivity contribution in [2.45, 2.75) is 16.7 Å². The summed E-state index contributed by atoms with van der Waals surface area (Å²) < 4.78 is 60.8. The van der Waals surface area contributed by atoms with Crippen molar-refractivity contribution >= 4 is 43.1 Å². The van der Waals surface area contributed by atoms with Crippen molar-refractivity contribution in [2.24, 2.45) is 0 Å². The van der Waals surface area contributed by atoms with Crippen molar-refractivity contribution in [2.75, 3.05) is 28.0 Å². The van der Waals surface area contributed by atoms with Crippen molar-refractivity contribution in [3.63, 3.8) is 0 Å². The molecule has 0 spiro atoms. The summed E-state index contributed by atoms with van der Waals surface area (Å²) in [5.74, 6) is 0.0791. The number of sulfonamides is 2. The Morgan fingerprint density at radius 1 is 0.846 bits per heavy atom. The fourth-order valence-corrected chi connectivity index (χ4v) is 6.00. The van der Waals surface area contributed by atoms with Gasteiger partial charge in [-0.05, 0) is 79.7 Å². The number of nitrogens with zero attached hydrogens (tertiary/aromatic N) is 2. The van der Waals surface area contributed by atoms with Crippen molar-refractivity contribution in [3.8, 4) is 5.75 Å². The van der Waals surface area contributed by atoms with Crippen LogP contribution in [0.25, 0.3) is 0 Å². The molecule has 1 amide bonds. The van der Waals surface area contributed by atoms with Gasteiger partial charge in [-0.2, -0.15) is 0 Å². The molecule has 1 aromatic heterocycles. The largest absolute Gasteiger partial charge is 0.497 e. The molecule has 0 atom stereocenters. The average Bonchev–Trinajstić information content (AvgIpc) is 2.92. The lowest BCUT2D eigenvalue weighted by Gasteiger charge is -2.24. The zero-order valence-corrected chi connectivity index (χ0v) is 22.7. The second-order valence-electron chi connectivity index (χ2n) is 8.42. The first-order chi connectivity index (χ1) is 18.6. The molecule has 3 aromatic carbocycles. The van der Waals surface area contributed by atoms with Gasteiger partial charge in [0.25, 0.3) is 20.0 Å². The first kappa shape index (κ1) is 27.6. The topological polar surface area (TPSA) is 135 Å². The molecule has 0 radical (unpaired) electrons. The SMILES string of the molecule is COc1ccc(N(CC(=O)Nc2ccc(S(=O)(=O)Nc3ccccn3)cc2)S(=O)(=O)c2ccc(C)cc2)cc1. The summed E-state index contributed by atoms with van der Waals surface area (Å²) in [5.41, 5.74) is 1.45. The molecule has 202 valence electrons. The first-order valence-corrected chi connectivity index (χ1v) is 14.6. The Bertz CT molecular complexity index is 1640. The average molecular weight is 567 g/mol. The third-order valence-electron chi connectivity index (χ3n) is 5.61. The molecule has 4 rings (SSSR count). The molecule has 4 aromatic rings. The molecule has 0 unspecified atom stereocenters. The first-order valence-electron chi connectivity index (χ1n) is 11.7. The summed E-state index contributed by atoms with van der Waals surface area (Å²) in [6, 6.07) is 22.9. The quantitative estimate of drug-likeness (QED) is 0.296. The molecular formula is C27H26N4O6S2. The van der Waals surface area contributed by atoms with E-state index < -0.39 is 32.5 Å². The number of benzene rings is 3. The zero-order valence-electron chi connectivity index (χ0n) is 21.1. The molecule has 1 heterocycles. The number of nitrogens with one attached hydrogen (secondary N) is 2. The van der Waals surface area contributed by atoms with Crippen LogP contribution in [0, 0.1) is 6.92 Å². The Morgan fingerprint density at radius 3 is 2.08 bits per heavy atom. The summed E-state index contributed by atoms with van der Waals surface area (Å²) in [6.45, 7) is 1.32. The fourth-order valence-electron chi connectivity index (χ4n) is 3.57. The third kappa shape index (κ3) is 6.72. The molecule has 0 aliphatic rings. The molecule has 0 saturated carbocycles. The van der Waals surface area contributed by atoms with Gasteiger partial charge in [-0.1, -0.05) is 23.8 Å². The van der Waals surface area contributed by atoms with Gasteiger partial charge in [0.05, 0.1) is 22.6 Å². The number of amides is 1. The van der Waals surface area contributed by atoms with Crippen LogP contribution in [0.15, 0.2) is 107 Å². The summed E-state index contributed by atoms with van der Waals surface area (Å²) >= 11 is 0. The lowest BCUT2D eigenvalue weighted by molar-refractivity contribution is -0.114. The standard InChI is InChI=1S/C27H26N4O6S2/c1-20-6-14-25(15-7-20)39(35,36)31(22-10-12-23(37-2)13-11-22)19-27(32)29-21-8-16-24(17-9-21)38(33,34)30-26-5-3-4-18-28-26/h3-18H,19H2,1-2H3,(H,28,30)(H,29,32). The van der Waals surface area contributed by atoms with Crippen LogP contribution < -0.4 is 19.1 Å². The number of aromatic nitrogens is 1. The number of hydrogen-bond donors (Lipinski definition) is 2. The molecule has 12 heteroatoms. The number of aryl methyl sites for hydroxylation is 1. The van der Waals surface area contributed by atoms with E-state index in [0.29, 0.717) is 11.4 Å². The van der Waals surface area contributed by atoms with Crippen molar-refractivity contribution < 1.29 is 26.4 Å². The lowest BCUT2D eigenvalue weighted by atomic mass is 10.2. The van der Waals surface area contributed by atoms with E-state index in [4.69, 9.17) is 4.74 Å². The van der Waals surface area contributed by atoms with Gasteiger partial charge in [-0.3, -0.25) is 13.8 Å². The number of carbonyl (C=O) groups is 1. The maximum Gasteiger partial charge on any atom is 0.264 e. The van der Waals surface area contributed by atoms with Crippen LogP contribution >= 0.6 is 0 Å². The molecular weight excluding hydrogens is 540 g/mol. The van der Waals surface area contributed by atoms with Gasteiger partial charge in [0.1, 0.15) is 18.1 Å². The second-order valence-corrected chi connectivity index (χ2v) is 12.0. The van der Waals surface area contributed by atoms with E-state index in [1.807, 2.05) is 6.92 Å². The summed E-state index contributed by atoms with van der Waals surface area (Å²) in [5, 5.41) is 2.63. The number of anilines is 3. The highest BCUT2D eigenvalue weighted by molar-refractivity contribution is 7.93. The molecule has 0 fully saturated rings. The highest BCUT2D eigenvalue weighted by atomic mass is 32.2. The zero-order chi connectivity index (χ0) is 28.0. The lowest BCUT2D eigenvalue weighted by Crippen LogP contribution is -2.38. The van der Waals surface area contributed by atoms with E-state index in [9.17, 15) is 21.6 Å². The molecule has 0 aliphatic heterocycles. The maximum absolute atomic E-state index is 13.5. The van der Waals surface area contributed by atoms with E-state index in [2.05, 4.69) is 15.0 Å². The van der Waals surface area contributed by atoms with Gasteiger partial charge in [0.2, 0.25) is 5.91 Å². The molecule has 2 N–H and O–H groups in total. The van der Waals surface area contributed by atoms with Gasteiger partial charge in [-0.15, -0.1) is 0 Å². The van der Waals surface area contributed by atoms with Crippen LogP contribution in [0.4, 0.5) is 17.2 Å². The van der Waals surface area contributed by atoms with E-state index >= 15 is 0 Å². The van der Waals surface area contributed by atoms with Crippen molar-refractivity contribution in [1.29, 1.82) is 0 Å². The van der Waals surface area contributed by atoms with Gasteiger partial charge in [0, 0.05) is 11.9 Å². The van der Waals surface area contributed by atoms with Gasteiger partial charge in [0.15, 0.2) is 0 Å². The van der Waals surface area contributed by atoms with Crippen LogP contribution in [0.1, 0.15) is 5.56 Å². The Hall–Kier alpha value is -4.42. The number of ether oxygens (including phenoxy) is 1. The summed E-state index contributed by atoms with van der Waals surface area (Å²) in [7, 11) is -6.50. The van der Waals surface area contributed by atoms with Crippen LogP contribution in [0.3, 0.4) is 0 Å². The minimum atomic E-state index is -4.10. The molecule has 39 heavy (non-hydrogen) atoms. The molecule has 0 saturated heterocycles. The molecule has 0 aliphatic carbocycles. The second kappa shape index (κ2) is 11.5. The molecule has 0 bridgehead atoms.